The quantitative estimate of drug-likeness (QED) is 0.746. The number of hydrogen-bond acceptors (Lipinski definition) is 7. The molecule has 1 fully saturated rings. The number of aryl methyl sites for hydroxylation is 1. The first-order valence-electron chi connectivity index (χ1n) is 9.63. The minimum atomic E-state index is -3.74. The van der Waals surface area contributed by atoms with Crippen LogP contribution in [0.4, 0.5) is 5.69 Å². The van der Waals surface area contributed by atoms with Crippen LogP contribution >= 0.6 is 0 Å². The van der Waals surface area contributed by atoms with E-state index in [9.17, 15) is 13.2 Å². The van der Waals surface area contributed by atoms with E-state index in [4.69, 9.17) is 10.00 Å². The van der Waals surface area contributed by atoms with Crippen molar-refractivity contribution in [1.82, 2.24) is 14.3 Å². The number of amides is 1. The Morgan fingerprint density at radius 2 is 2.13 bits per heavy atom. The summed E-state index contributed by atoms with van der Waals surface area (Å²) in [6.45, 7) is 3.97. The van der Waals surface area contributed by atoms with Gasteiger partial charge in [-0.1, -0.05) is 6.92 Å². The average Bonchev–Trinajstić information content (AvgIpc) is 2.74. The Labute approximate surface area is 175 Å². The number of nitriles is 1. The van der Waals surface area contributed by atoms with Gasteiger partial charge in [0.1, 0.15) is 12.2 Å². The summed E-state index contributed by atoms with van der Waals surface area (Å²) in [5, 5.41) is 11.9. The second-order valence-electron chi connectivity index (χ2n) is 6.95. The molecule has 2 aromatic rings. The number of nitrogens with zero attached hydrogens (tertiary/aromatic N) is 4. The highest BCUT2D eigenvalue weighted by Gasteiger charge is 2.32. The van der Waals surface area contributed by atoms with Crippen LogP contribution < -0.4 is 10.1 Å². The normalized spacial score (nSPS) is 17.2. The molecule has 0 spiro atoms. The van der Waals surface area contributed by atoms with E-state index in [0.29, 0.717) is 37.1 Å². The molecule has 1 aliphatic rings. The highest BCUT2D eigenvalue weighted by molar-refractivity contribution is 7.89. The fraction of sp³-hybridized carbons (Fsp3) is 0.400. The van der Waals surface area contributed by atoms with Crippen molar-refractivity contribution in [2.24, 2.45) is 0 Å². The molecule has 1 atom stereocenters. The molecule has 1 aromatic heterocycles. The summed E-state index contributed by atoms with van der Waals surface area (Å²) >= 11 is 0. The fourth-order valence-corrected chi connectivity index (χ4v) is 4.99. The average molecular weight is 430 g/mol. The maximum Gasteiger partial charge on any atom is 0.251 e. The third kappa shape index (κ3) is 4.75. The number of rotatable bonds is 6. The van der Waals surface area contributed by atoms with Gasteiger partial charge in [0.25, 0.3) is 5.88 Å². The van der Waals surface area contributed by atoms with Crippen LogP contribution in [0.3, 0.4) is 0 Å². The molecule has 10 heteroatoms. The molecular weight excluding hydrogens is 406 g/mol. The van der Waals surface area contributed by atoms with Gasteiger partial charge in [0.15, 0.2) is 0 Å². The molecular formula is C20H23N5O4S. The SMILES string of the molecule is CCC(=O)Nc1ccc(S(=O)(=O)N2CCCC(Oc3nccnc3C#N)C2)c(C)c1. The molecule has 0 saturated carbocycles. The molecule has 1 aromatic carbocycles. The molecule has 158 valence electrons. The number of anilines is 1. The Kier molecular flexibility index (Phi) is 6.64. The van der Waals surface area contributed by atoms with Crippen LogP contribution in [0.5, 0.6) is 5.88 Å². The molecule has 30 heavy (non-hydrogen) atoms. The van der Waals surface area contributed by atoms with E-state index in [1.54, 1.807) is 26.0 Å². The van der Waals surface area contributed by atoms with Crippen molar-refractivity contribution < 1.29 is 17.9 Å². The molecule has 2 heterocycles. The van der Waals surface area contributed by atoms with Crippen LogP contribution in [0.25, 0.3) is 0 Å². The first kappa shape index (κ1) is 21.7. The predicted octanol–water partition coefficient (Wildman–Crippen LogP) is 2.24. The zero-order valence-electron chi connectivity index (χ0n) is 16.8. The largest absolute Gasteiger partial charge is 0.471 e. The van der Waals surface area contributed by atoms with Gasteiger partial charge in [-0.05, 0) is 43.5 Å². The van der Waals surface area contributed by atoms with Crippen LogP contribution in [0.15, 0.2) is 35.5 Å². The molecule has 0 aliphatic carbocycles. The summed E-state index contributed by atoms with van der Waals surface area (Å²) in [5.41, 5.74) is 1.18. The Balaban J connectivity index is 1.77. The van der Waals surface area contributed by atoms with Crippen molar-refractivity contribution in [3.05, 3.63) is 41.9 Å². The van der Waals surface area contributed by atoms with Crippen molar-refractivity contribution in [3.63, 3.8) is 0 Å². The molecule has 9 nitrogen and oxygen atoms in total. The number of ether oxygens (including phenoxy) is 1. The van der Waals surface area contributed by atoms with E-state index in [-0.39, 0.29) is 28.9 Å². The lowest BCUT2D eigenvalue weighted by molar-refractivity contribution is -0.115. The van der Waals surface area contributed by atoms with Crippen molar-refractivity contribution in [2.45, 2.75) is 44.1 Å². The van der Waals surface area contributed by atoms with Crippen molar-refractivity contribution in [1.29, 1.82) is 5.26 Å². The summed E-state index contributed by atoms with van der Waals surface area (Å²) in [7, 11) is -3.74. The van der Waals surface area contributed by atoms with Gasteiger partial charge in [-0.15, -0.1) is 0 Å². The minimum Gasteiger partial charge on any atom is -0.471 e. The lowest BCUT2D eigenvalue weighted by atomic mass is 10.1. The van der Waals surface area contributed by atoms with Gasteiger partial charge in [0.05, 0.1) is 11.4 Å². The van der Waals surface area contributed by atoms with Crippen LogP contribution in [0.1, 0.15) is 37.4 Å². The monoisotopic (exact) mass is 429 g/mol. The van der Waals surface area contributed by atoms with Crippen LogP contribution in [-0.2, 0) is 14.8 Å². The maximum absolute atomic E-state index is 13.2. The van der Waals surface area contributed by atoms with Crippen molar-refractivity contribution in [3.8, 4) is 11.9 Å². The Bertz CT molecular complexity index is 1080. The third-order valence-corrected chi connectivity index (χ3v) is 6.81. The highest BCUT2D eigenvalue weighted by Crippen LogP contribution is 2.27. The molecule has 1 saturated heterocycles. The van der Waals surface area contributed by atoms with E-state index in [1.165, 1.54) is 22.8 Å². The number of nitrogens with one attached hydrogen (secondary N) is 1. The number of carbonyl (C=O) groups is 1. The maximum atomic E-state index is 13.2. The van der Waals surface area contributed by atoms with Gasteiger partial charge in [-0.2, -0.15) is 9.57 Å². The molecule has 1 amide bonds. The van der Waals surface area contributed by atoms with Gasteiger partial charge in [-0.25, -0.2) is 18.4 Å². The van der Waals surface area contributed by atoms with E-state index < -0.39 is 16.1 Å². The zero-order chi connectivity index (χ0) is 21.7. The summed E-state index contributed by atoms with van der Waals surface area (Å²) in [4.78, 5) is 19.7. The minimum absolute atomic E-state index is 0.0676. The van der Waals surface area contributed by atoms with Crippen LogP contribution in [0, 0.1) is 18.3 Å². The van der Waals surface area contributed by atoms with E-state index in [0.717, 1.165) is 0 Å². The number of piperidine rings is 1. The first-order valence-corrected chi connectivity index (χ1v) is 11.1. The van der Waals surface area contributed by atoms with Gasteiger partial charge < -0.3 is 10.1 Å². The molecule has 0 bridgehead atoms. The van der Waals surface area contributed by atoms with E-state index in [2.05, 4.69) is 15.3 Å². The molecule has 1 N–H and O–H groups in total. The summed E-state index contributed by atoms with van der Waals surface area (Å²) in [5.74, 6) is -0.0294. The lowest BCUT2D eigenvalue weighted by Crippen LogP contribution is -2.44. The molecule has 1 aliphatic heterocycles. The summed E-state index contributed by atoms with van der Waals surface area (Å²) < 4.78 is 33.6. The van der Waals surface area contributed by atoms with Crippen LogP contribution in [-0.4, -0.2) is 47.8 Å². The topological polar surface area (TPSA) is 125 Å². The van der Waals surface area contributed by atoms with Gasteiger partial charge in [0, 0.05) is 31.0 Å². The second kappa shape index (κ2) is 9.19. The number of benzene rings is 1. The second-order valence-corrected chi connectivity index (χ2v) is 8.86. The van der Waals surface area contributed by atoms with Crippen molar-refractivity contribution >= 4 is 21.6 Å². The summed E-state index contributed by atoms with van der Waals surface area (Å²) in [6, 6.07) is 6.67. The van der Waals surface area contributed by atoms with Gasteiger partial charge in [-0.3, -0.25) is 4.79 Å². The number of hydrogen-bond donors (Lipinski definition) is 1. The number of carbonyl (C=O) groups excluding carboxylic acids is 1. The lowest BCUT2D eigenvalue weighted by Gasteiger charge is -2.32. The van der Waals surface area contributed by atoms with Gasteiger partial charge >= 0.3 is 0 Å². The predicted molar refractivity (Wildman–Crippen MR) is 109 cm³/mol. The highest BCUT2D eigenvalue weighted by atomic mass is 32.2. The summed E-state index contributed by atoms with van der Waals surface area (Å²) in [6.07, 6.45) is 4.01. The first-order chi connectivity index (χ1) is 14.3. The van der Waals surface area contributed by atoms with Crippen LogP contribution in [0.2, 0.25) is 0 Å². The Hall–Kier alpha value is -3.03. The fourth-order valence-electron chi connectivity index (χ4n) is 3.27. The third-order valence-electron chi connectivity index (χ3n) is 4.79. The van der Waals surface area contributed by atoms with E-state index >= 15 is 0 Å². The Morgan fingerprint density at radius 3 is 2.83 bits per heavy atom. The standard InChI is InChI=1S/C20H23N5O4S/c1-3-19(26)24-15-6-7-18(14(2)11-15)30(27,28)25-10-4-5-16(13-25)29-20-17(12-21)22-8-9-23-20/h6-9,11,16H,3-5,10,13H2,1-2H3,(H,24,26). The zero-order valence-corrected chi connectivity index (χ0v) is 17.6. The molecule has 3 rings (SSSR count). The molecule has 0 radical (unpaired) electrons. The molecule has 1 unspecified atom stereocenters. The Morgan fingerprint density at radius 1 is 1.37 bits per heavy atom. The smallest absolute Gasteiger partial charge is 0.251 e. The van der Waals surface area contributed by atoms with Crippen molar-refractivity contribution in [2.75, 3.05) is 18.4 Å². The van der Waals surface area contributed by atoms with Gasteiger partial charge in [0.2, 0.25) is 21.6 Å². The number of aromatic nitrogens is 2. The number of sulfonamides is 1. The van der Waals surface area contributed by atoms with E-state index in [1.807, 2.05) is 6.07 Å².